The molecule has 0 amide bonds. The molecule has 0 heterocycles. The number of rotatable bonds is 5. The molecule has 0 radical (unpaired) electrons. The van der Waals surface area contributed by atoms with Gasteiger partial charge in [0.1, 0.15) is 0 Å². The van der Waals surface area contributed by atoms with E-state index in [1.165, 1.54) is 12.8 Å². The molecule has 0 saturated heterocycles. The van der Waals surface area contributed by atoms with Crippen LogP contribution in [0.5, 0.6) is 0 Å². The molecule has 178 valence electrons. The van der Waals surface area contributed by atoms with Gasteiger partial charge >= 0.3 is 0 Å². The van der Waals surface area contributed by atoms with E-state index >= 15 is 0 Å². The van der Waals surface area contributed by atoms with Gasteiger partial charge in [0, 0.05) is 12.0 Å². The average molecular weight is 442 g/mol. The van der Waals surface area contributed by atoms with Gasteiger partial charge in [0.15, 0.2) is 0 Å². The van der Waals surface area contributed by atoms with Crippen LogP contribution < -0.4 is 5.73 Å². The summed E-state index contributed by atoms with van der Waals surface area (Å²) in [6.45, 7) is 6.17. The molecule has 0 aliphatic heterocycles. The summed E-state index contributed by atoms with van der Waals surface area (Å²) in [5.41, 5.74) is 4.68. The fourth-order valence-electron chi connectivity index (χ4n) is 8.87. The van der Waals surface area contributed by atoms with Crippen molar-refractivity contribution in [2.45, 2.75) is 95.4 Å². The van der Waals surface area contributed by atoms with Crippen molar-refractivity contribution in [3.8, 4) is 0 Å². The second-order valence-electron chi connectivity index (χ2n) is 11.9. The van der Waals surface area contributed by atoms with E-state index in [1.807, 2.05) is 30.3 Å². The van der Waals surface area contributed by atoms with Crippen molar-refractivity contribution in [2.24, 2.45) is 34.3 Å². The van der Waals surface area contributed by atoms with E-state index < -0.39 is 16.6 Å². The van der Waals surface area contributed by atoms with E-state index in [1.54, 1.807) is 0 Å². The highest BCUT2D eigenvalue weighted by atomic mass is 16.5. The van der Waals surface area contributed by atoms with Crippen LogP contribution in [-0.4, -0.2) is 35.1 Å². The molecular formula is C28H43NO3. The van der Waals surface area contributed by atoms with Crippen molar-refractivity contribution in [2.75, 3.05) is 13.2 Å². The Bertz CT molecular complexity index is 816. The molecule has 4 aliphatic carbocycles. The Morgan fingerprint density at radius 3 is 2.47 bits per heavy atom. The minimum Gasteiger partial charge on any atom is -0.389 e. The molecule has 32 heavy (non-hydrogen) atoms. The maximum Gasteiger partial charge on any atom is 0.0978 e. The van der Waals surface area contributed by atoms with Crippen molar-refractivity contribution in [1.29, 1.82) is 0 Å². The second kappa shape index (κ2) is 8.08. The lowest BCUT2D eigenvalue weighted by Crippen LogP contribution is -2.64. The number of hydrogen-bond acceptors (Lipinski definition) is 4. The van der Waals surface area contributed by atoms with Gasteiger partial charge in [-0.1, -0.05) is 44.2 Å². The van der Waals surface area contributed by atoms with Crippen LogP contribution >= 0.6 is 0 Å². The Hall–Kier alpha value is -0.940. The van der Waals surface area contributed by atoms with Crippen molar-refractivity contribution >= 4 is 0 Å². The lowest BCUT2D eigenvalue weighted by atomic mass is 9.43. The third kappa shape index (κ3) is 3.09. The molecular weight excluding hydrogens is 398 g/mol. The Labute approximate surface area is 193 Å². The predicted molar refractivity (Wildman–Crippen MR) is 127 cm³/mol. The summed E-state index contributed by atoms with van der Waals surface area (Å²) in [6, 6.07) is 10.1. The summed E-state index contributed by atoms with van der Waals surface area (Å²) in [5, 5.41) is 24.4. The van der Waals surface area contributed by atoms with Crippen LogP contribution in [0, 0.1) is 28.6 Å². The van der Waals surface area contributed by atoms with E-state index in [-0.39, 0.29) is 11.3 Å². The maximum absolute atomic E-state index is 12.4. The fourth-order valence-corrected chi connectivity index (χ4v) is 8.87. The zero-order valence-electron chi connectivity index (χ0n) is 20.1. The van der Waals surface area contributed by atoms with Crippen LogP contribution in [0.25, 0.3) is 0 Å². The fraction of sp³-hybridized carbons (Fsp3) is 0.786. The first-order valence-electron chi connectivity index (χ1n) is 13.1. The monoisotopic (exact) mass is 441 g/mol. The standard InChI is InChI=1S/C28H43NO3/c1-25-13-11-22(32-18-6-17-29)19-21(25)9-10-24-23(25)12-14-26(2)27(30,15-16-28(24,26)31)20-7-4-3-5-8-20/h3-5,7-8,21-24,30-31H,6,9-19,29H2,1-2H3/t21-,22-,23-,24+,25-,26+,27-,28-/m0/s1. The summed E-state index contributed by atoms with van der Waals surface area (Å²) in [7, 11) is 0. The third-order valence-electron chi connectivity index (χ3n) is 10.9. The molecule has 0 spiro atoms. The van der Waals surface area contributed by atoms with Crippen molar-refractivity contribution in [1.82, 2.24) is 0 Å². The van der Waals surface area contributed by atoms with Gasteiger partial charge in [-0.15, -0.1) is 0 Å². The summed E-state index contributed by atoms with van der Waals surface area (Å²) in [5.74, 6) is 1.51. The van der Waals surface area contributed by atoms with Gasteiger partial charge in [-0.05, 0) is 99.5 Å². The van der Waals surface area contributed by atoms with Gasteiger partial charge in [-0.3, -0.25) is 0 Å². The summed E-state index contributed by atoms with van der Waals surface area (Å²) < 4.78 is 6.17. The molecule has 1 aromatic rings. The smallest absolute Gasteiger partial charge is 0.0978 e. The van der Waals surface area contributed by atoms with E-state index in [0.717, 1.165) is 50.7 Å². The topological polar surface area (TPSA) is 75.7 Å². The first-order chi connectivity index (χ1) is 15.3. The third-order valence-corrected chi connectivity index (χ3v) is 10.9. The molecule has 1 aromatic carbocycles. The molecule has 5 rings (SSSR count). The van der Waals surface area contributed by atoms with E-state index in [9.17, 15) is 10.2 Å². The average Bonchev–Trinajstić information content (AvgIpc) is 3.02. The highest BCUT2D eigenvalue weighted by molar-refractivity contribution is 5.32. The van der Waals surface area contributed by atoms with Crippen molar-refractivity contribution in [3.05, 3.63) is 35.9 Å². The Morgan fingerprint density at radius 1 is 0.938 bits per heavy atom. The Kier molecular flexibility index (Phi) is 5.76. The van der Waals surface area contributed by atoms with Crippen LogP contribution in [0.3, 0.4) is 0 Å². The lowest BCUT2D eigenvalue weighted by molar-refractivity contribution is -0.239. The quantitative estimate of drug-likeness (QED) is 0.576. The van der Waals surface area contributed by atoms with E-state index in [0.29, 0.717) is 37.3 Å². The molecule has 0 bridgehead atoms. The molecule has 4 aliphatic rings. The van der Waals surface area contributed by atoms with Crippen LogP contribution in [0.2, 0.25) is 0 Å². The van der Waals surface area contributed by atoms with E-state index in [4.69, 9.17) is 10.5 Å². The zero-order chi connectivity index (χ0) is 22.6. The van der Waals surface area contributed by atoms with Crippen LogP contribution in [0.1, 0.15) is 83.6 Å². The first kappa shape index (κ1) is 22.8. The minimum absolute atomic E-state index is 0.279. The van der Waals surface area contributed by atoms with Gasteiger partial charge in [0.2, 0.25) is 0 Å². The number of aliphatic hydroxyl groups is 2. The summed E-state index contributed by atoms with van der Waals surface area (Å²) >= 11 is 0. The molecule has 0 aromatic heterocycles. The number of fused-ring (bicyclic) bond motifs is 5. The highest BCUT2D eigenvalue weighted by Gasteiger charge is 2.71. The largest absolute Gasteiger partial charge is 0.389 e. The second-order valence-corrected chi connectivity index (χ2v) is 11.9. The van der Waals surface area contributed by atoms with Gasteiger partial charge in [-0.2, -0.15) is 0 Å². The molecule has 4 N–H and O–H groups in total. The molecule has 4 saturated carbocycles. The number of ether oxygens (including phenoxy) is 1. The number of hydrogen-bond donors (Lipinski definition) is 3. The molecule has 8 atom stereocenters. The normalized spacial score (nSPS) is 48.0. The van der Waals surface area contributed by atoms with Gasteiger partial charge in [-0.25, -0.2) is 0 Å². The lowest BCUT2D eigenvalue weighted by Gasteiger charge is -2.64. The van der Waals surface area contributed by atoms with Crippen molar-refractivity contribution < 1.29 is 14.9 Å². The molecule has 4 heteroatoms. The number of benzene rings is 1. The summed E-state index contributed by atoms with van der Waals surface area (Å²) in [4.78, 5) is 0. The van der Waals surface area contributed by atoms with Gasteiger partial charge in [0.05, 0.1) is 17.3 Å². The van der Waals surface area contributed by atoms with Crippen LogP contribution in [0.4, 0.5) is 0 Å². The van der Waals surface area contributed by atoms with Crippen molar-refractivity contribution in [3.63, 3.8) is 0 Å². The van der Waals surface area contributed by atoms with E-state index in [2.05, 4.69) is 13.8 Å². The summed E-state index contributed by atoms with van der Waals surface area (Å²) in [6.07, 6.45) is 10.4. The molecule has 0 unspecified atom stereocenters. The Balaban J connectivity index is 1.39. The van der Waals surface area contributed by atoms with Gasteiger partial charge in [0.25, 0.3) is 0 Å². The van der Waals surface area contributed by atoms with Gasteiger partial charge < -0.3 is 20.7 Å². The minimum atomic E-state index is -0.944. The Morgan fingerprint density at radius 2 is 1.72 bits per heavy atom. The molecule has 4 fully saturated rings. The SMILES string of the molecule is C[C@]12CC[C@H](OCCCN)C[C@@H]1CC[C@@H]1[C@@H]2CC[C@]2(C)[C@@](O)(c3ccccc3)CC[C@]12O. The highest BCUT2D eigenvalue weighted by Crippen LogP contribution is 2.71. The van der Waals surface area contributed by atoms with Crippen LogP contribution in [-0.2, 0) is 10.3 Å². The number of nitrogens with two attached hydrogens (primary N) is 1. The predicted octanol–water partition coefficient (Wildman–Crippen LogP) is 4.77. The first-order valence-corrected chi connectivity index (χ1v) is 13.1. The zero-order valence-corrected chi connectivity index (χ0v) is 20.1. The molecule has 4 nitrogen and oxygen atoms in total. The maximum atomic E-state index is 12.4. The van der Waals surface area contributed by atoms with Crippen LogP contribution in [0.15, 0.2) is 30.3 Å².